The molecule has 5 heteroatoms. The fourth-order valence-electron chi connectivity index (χ4n) is 5.72. The van der Waals surface area contributed by atoms with E-state index in [1.807, 2.05) is 30.3 Å². The van der Waals surface area contributed by atoms with Crippen LogP contribution in [-0.4, -0.2) is 30.1 Å². The molecule has 34 heavy (non-hydrogen) atoms. The summed E-state index contributed by atoms with van der Waals surface area (Å²) in [6.07, 6.45) is 4.16. The Balaban J connectivity index is 1.56. The third kappa shape index (κ3) is 4.78. The monoisotopic (exact) mass is 451 g/mol. The number of hydrogen-bond donors (Lipinski definition) is 0. The van der Waals surface area contributed by atoms with Crippen molar-refractivity contribution < 1.29 is 9.53 Å². The maximum Gasteiger partial charge on any atom is 0.302 e. The topological polar surface area (TPSA) is 77.1 Å². The van der Waals surface area contributed by atoms with Crippen LogP contribution in [0, 0.1) is 46.5 Å². The molecule has 172 valence electrons. The van der Waals surface area contributed by atoms with Crippen LogP contribution in [-0.2, 0) is 14.9 Å². The second-order valence-electron chi connectivity index (χ2n) is 9.22. The molecule has 1 saturated carbocycles. The summed E-state index contributed by atoms with van der Waals surface area (Å²) in [5, 5.41) is 19.7. The van der Waals surface area contributed by atoms with Crippen molar-refractivity contribution in [3.05, 3.63) is 71.3 Å². The number of likely N-dealkylation sites (tertiary alicyclic amines) is 1. The molecule has 2 aromatic rings. The van der Waals surface area contributed by atoms with E-state index in [0.29, 0.717) is 5.56 Å². The third-order valence-electron chi connectivity index (χ3n) is 7.30. The van der Waals surface area contributed by atoms with E-state index >= 15 is 0 Å². The van der Waals surface area contributed by atoms with Gasteiger partial charge in [-0.1, -0.05) is 30.3 Å². The Kier molecular flexibility index (Phi) is 7.20. The molecule has 0 amide bonds. The number of carbonyl (C=O) groups excluding carboxylic acids is 1. The first-order chi connectivity index (χ1) is 16.6. The van der Waals surface area contributed by atoms with E-state index in [2.05, 4.69) is 41.1 Å². The van der Waals surface area contributed by atoms with Crippen LogP contribution in [0.2, 0.25) is 0 Å². The summed E-state index contributed by atoms with van der Waals surface area (Å²) in [5.41, 5.74) is 1.85. The Hall–Kier alpha value is -3.75. The molecule has 3 atom stereocenters. The number of nitriles is 2. The largest absolute Gasteiger partial charge is 0.462 e. The smallest absolute Gasteiger partial charge is 0.302 e. The van der Waals surface area contributed by atoms with Gasteiger partial charge >= 0.3 is 5.97 Å². The number of ether oxygens (including phenoxy) is 1. The molecule has 2 aromatic carbocycles. The lowest BCUT2D eigenvalue weighted by atomic mass is 9.59. The molecule has 1 unspecified atom stereocenters. The van der Waals surface area contributed by atoms with Gasteiger partial charge in [-0.15, -0.1) is 0 Å². The van der Waals surface area contributed by atoms with E-state index in [0.717, 1.165) is 56.3 Å². The fraction of sp³-hybridized carbons (Fsp3) is 0.414. The highest BCUT2D eigenvalue weighted by molar-refractivity contribution is 5.66. The Bertz CT molecular complexity index is 1140. The average Bonchev–Trinajstić information content (AvgIpc) is 3.33. The third-order valence-corrected chi connectivity index (χ3v) is 7.30. The van der Waals surface area contributed by atoms with Gasteiger partial charge in [0.05, 0.1) is 23.1 Å². The van der Waals surface area contributed by atoms with Gasteiger partial charge in [0.1, 0.15) is 6.10 Å². The molecule has 1 aliphatic carbocycles. The van der Waals surface area contributed by atoms with Gasteiger partial charge in [-0.2, -0.15) is 10.5 Å². The summed E-state index contributed by atoms with van der Waals surface area (Å²) in [7, 11) is 0. The molecule has 2 fully saturated rings. The molecule has 1 saturated heterocycles. The molecule has 1 heterocycles. The Morgan fingerprint density at radius 3 is 2.26 bits per heavy atom. The summed E-state index contributed by atoms with van der Waals surface area (Å²) >= 11 is 0. The van der Waals surface area contributed by atoms with Crippen molar-refractivity contribution in [2.24, 2.45) is 11.8 Å². The molecule has 0 radical (unpaired) electrons. The molecule has 0 aromatic heterocycles. The molecule has 0 spiro atoms. The van der Waals surface area contributed by atoms with Crippen LogP contribution < -0.4 is 0 Å². The Labute approximate surface area is 202 Å². The van der Waals surface area contributed by atoms with Gasteiger partial charge in [0, 0.05) is 37.5 Å². The van der Waals surface area contributed by atoms with Gasteiger partial charge in [-0.3, -0.25) is 4.79 Å². The highest BCUT2D eigenvalue weighted by atomic mass is 16.5. The number of rotatable bonds is 4. The van der Waals surface area contributed by atoms with E-state index in [-0.39, 0.29) is 23.9 Å². The first kappa shape index (κ1) is 23.4. The lowest BCUT2D eigenvalue weighted by Gasteiger charge is -2.45. The van der Waals surface area contributed by atoms with E-state index in [9.17, 15) is 10.1 Å². The van der Waals surface area contributed by atoms with Gasteiger partial charge in [0.25, 0.3) is 0 Å². The SMILES string of the molecule is CC(=O)O[C@@H]1CCC[C@H]1C(C#N)(c1ccccc1)C1CCN(C#Cc2ccc(C#N)cc2)CC1. The molecule has 1 aliphatic heterocycles. The van der Waals surface area contributed by atoms with Crippen LogP contribution in [0.1, 0.15) is 55.7 Å². The maximum atomic E-state index is 11.8. The summed E-state index contributed by atoms with van der Waals surface area (Å²) in [6.45, 7) is 3.03. The van der Waals surface area contributed by atoms with Gasteiger partial charge in [0.15, 0.2) is 0 Å². The van der Waals surface area contributed by atoms with Crippen molar-refractivity contribution in [2.75, 3.05) is 13.1 Å². The molecule has 4 rings (SSSR count). The van der Waals surface area contributed by atoms with E-state index in [4.69, 9.17) is 10.00 Å². The second kappa shape index (κ2) is 10.5. The summed E-state index contributed by atoms with van der Waals surface area (Å²) in [5.74, 6) is 3.07. The van der Waals surface area contributed by atoms with Crippen molar-refractivity contribution >= 4 is 5.97 Å². The zero-order valence-corrected chi connectivity index (χ0v) is 19.5. The van der Waals surface area contributed by atoms with Crippen molar-refractivity contribution in [2.45, 2.75) is 50.5 Å². The molecular formula is C29H29N3O2. The first-order valence-corrected chi connectivity index (χ1v) is 12.0. The van der Waals surface area contributed by atoms with Crippen LogP contribution in [0.3, 0.4) is 0 Å². The summed E-state index contributed by atoms with van der Waals surface area (Å²) < 4.78 is 5.73. The number of nitrogens with zero attached hydrogens (tertiary/aromatic N) is 3. The quantitative estimate of drug-likeness (QED) is 0.494. The van der Waals surface area contributed by atoms with Crippen LogP contribution >= 0.6 is 0 Å². The highest BCUT2D eigenvalue weighted by Crippen LogP contribution is 2.50. The first-order valence-electron chi connectivity index (χ1n) is 12.0. The van der Waals surface area contributed by atoms with Crippen LogP contribution in [0.5, 0.6) is 0 Å². The molecule has 0 bridgehead atoms. The minimum absolute atomic E-state index is 0.00918. The molecule has 2 aliphatic rings. The fourth-order valence-corrected chi connectivity index (χ4v) is 5.72. The molecule has 5 nitrogen and oxygen atoms in total. The predicted molar refractivity (Wildman–Crippen MR) is 129 cm³/mol. The van der Waals surface area contributed by atoms with Gasteiger partial charge in [-0.05, 0) is 73.8 Å². The summed E-state index contributed by atoms with van der Waals surface area (Å²) in [6, 6.07) is 25.5. The zero-order chi connectivity index (χ0) is 24.0. The van der Waals surface area contributed by atoms with Gasteiger partial charge < -0.3 is 9.64 Å². The lowest BCUT2D eigenvalue weighted by Crippen LogP contribution is -2.49. The van der Waals surface area contributed by atoms with Crippen molar-refractivity contribution in [1.82, 2.24) is 4.90 Å². The van der Waals surface area contributed by atoms with Crippen molar-refractivity contribution in [3.63, 3.8) is 0 Å². The van der Waals surface area contributed by atoms with Crippen LogP contribution in [0.25, 0.3) is 0 Å². The van der Waals surface area contributed by atoms with Crippen molar-refractivity contribution in [1.29, 1.82) is 10.5 Å². The van der Waals surface area contributed by atoms with E-state index in [1.165, 1.54) is 6.92 Å². The highest BCUT2D eigenvalue weighted by Gasteiger charge is 2.53. The Morgan fingerprint density at radius 2 is 1.65 bits per heavy atom. The maximum absolute atomic E-state index is 11.8. The molecular weight excluding hydrogens is 422 g/mol. The number of carbonyl (C=O) groups is 1. The average molecular weight is 452 g/mol. The summed E-state index contributed by atoms with van der Waals surface area (Å²) in [4.78, 5) is 13.9. The van der Waals surface area contributed by atoms with E-state index in [1.54, 1.807) is 12.1 Å². The van der Waals surface area contributed by atoms with E-state index < -0.39 is 5.41 Å². The van der Waals surface area contributed by atoms with Gasteiger partial charge in [0.2, 0.25) is 0 Å². The predicted octanol–water partition coefficient (Wildman–Crippen LogP) is 4.77. The second-order valence-corrected chi connectivity index (χ2v) is 9.22. The normalized spacial score (nSPS) is 21.9. The lowest BCUT2D eigenvalue weighted by molar-refractivity contribution is -0.149. The minimum Gasteiger partial charge on any atom is -0.462 e. The number of esters is 1. The minimum atomic E-state index is -0.690. The van der Waals surface area contributed by atoms with Crippen LogP contribution in [0.4, 0.5) is 0 Å². The van der Waals surface area contributed by atoms with Crippen molar-refractivity contribution in [3.8, 4) is 24.1 Å². The number of benzene rings is 2. The standard InChI is InChI=1S/C29H29N3O2/c1-22(33)34-28-9-5-8-27(28)29(21-31,25-6-3-2-4-7-25)26-15-18-32(19-16-26)17-14-23-10-12-24(20-30)13-11-23/h2-4,6-7,10-13,26-28H,5,8-9,15-16,18-19H2,1H3/t27-,28-,29?/m1/s1. The van der Waals surface area contributed by atoms with Crippen LogP contribution in [0.15, 0.2) is 54.6 Å². The van der Waals surface area contributed by atoms with Gasteiger partial charge in [-0.25, -0.2) is 0 Å². The number of hydrogen-bond acceptors (Lipinski definition) is 5. The Morgan fingerprint density at radius 1 is 0.971 bits per heavy atom. The number of piperidine rings is 1. The molecule has 0 N–H and O–H groups in total. The zero-order valence-electron chi connectivity index (χ0n) is 19.5.